The van der Waals surface area contributed by atoms with Crippen molar-refractivity contribution in [3.05, 3.63) is 48.5 Å². The van der Waals surface area contributed by atoms with E-state index in [4.69, 9.17) is 5.73 Å². The molecule has 4 rings (SSSR count). The van der Waals surface area contributed by atoms with Crippen molar-refractivity contribution in [1.82, 2.24) is 4.90 Å². The molecule has 1 saturated heterocycles. The van der Waals surface area contributed by atoms with Gasteiger partial charge >= 0.3 is 0 Å². The first-order valence-electron chi connectivity index (χ1n) is 8.87. The maximum atomic E-state index is 12.6. The fourth-order valence-electron chi connectivity index (χ4n) is 3.64. The van der Waals surface area contributed by atoms with E-state index in [9.17, 15) is 4.79 Å². The van der Waals surface area contributed by atoms with Crippen molar-refractivity contribution in [2.75, 3.05) is 31.1 Å². The van der Waals surface area contributed by atoms with Gasteiger partial charge in [-0.15, -0.1) is 0 Å². The molecule has 1 amide bonds. The van der Waals surface area contributed by atoms with Gasteiger partial charge in [0.05, 0.1) is 11.4 Å². The Balaban J connectivity index is 1.51. The zero-order chi connectivity index (χ0) is 17.2. The fraction of sp³-hybridized carbons (Fsp3) is 0.350. The van der Waals surface area contributed by atoms with Crippen LogP contribution in [0.4, 0.5) is 11.4 Å². The van der Waals surface area contributed by atoms with E-state index >= 15 is 0 Å². The van der Waals surface area contributed by atoms with Gasteiger partial charge in [-0.05, 0) is 43.1 Å². The van der Waals surface area contributed by atoms with Crippen molar-refractivity contribution in [1.29, 1.82) is 0 Å². The van der Waals surface area contributed by atoms with Crippen LogP contribution in [0.15, 0.2) is 58.3 Å². The van der Waals surface area contributed by atoms with E-state index in [-0.39, 0.29) is 5.91 Å². The average molecular weight is 353 g/mol. The molecule has 2 aromatic carbocycles. The molecule has 0 radical (unpaired) electrons. The highest BCUT2D eigenvalue weighted by Crippen LogP contribution is 2.47. The number of nitrogens with two attached hydrogens (primary N) is 1. The molecule has 4 nitrogen and oxygen atoms in total. The van der Waals surface area contributed by atoms with E-state index in [2.05, 4.69) is 53.4 Å². The van der Waals surface area contributed by atoms with Crippen LogP contribution in [0.1, 0.15) is 12.8 Å². The van der Waals surface area contributed by atoms with E-state index in [1.54, 1.807) is 11.8 Å². The molecule has 2 heterocycles. The lowest BCUT2D eigenvalue weighted by Crippen LogP contribution is -2.33. The molecule has 1 unspecified atom stereocenters. The molecule has 0 aromatic heterocycles. The molecule has 2 aliphatic rings. The summed E-state index contributed by atoms with van der Waals surface area (Å²) in [6.07, 6.45) is 1.57. The minimum atomic E-state index is 0.240. The summed E-state index contributed by atoms with van der Waals surface area (Å²) in [4.78, 5) is 19.4. The van der Waals surface area contributed by atoms with E-state index in [1.807, 2.05) is 4.90 Å². The standard InChI is InChI=1S/C20H23N3OS/c21-13-15-9-11-22(14-15)20(24)10-12-23-16-5-1-3-7-18(16)25-19-8-4-2-6-17(19)23/h1-8,15H,9-14,21H2. The van der Waals surface area contributed by atoms with E-state index in [0.717, 1.165) is 19.5 Å². The summed E-state index contributed by atoms with van der Waals surface area (Å²) in [6.45, 7) is 3.05. The van der Waals surface area contributed by atoms with Crippen LogP contribution in [0, 0.1) is 5.92 Å². The summed E-state index contributed by atoms with van der Waals surface area (Å²) in [5, 5.41) is 0. The number of anilines is 2. The molecule has 0 spiro atoms. The summed E-state index contributed by atoms with van der Waals surface area (Å²) in [7, 11) is 0. The molecule has 2 N–H and O–H groups in total. The second-order valence-electron chi connectivity index (χ2n) is 6.67. The Labute approximate surface area is 153 Å². The molecule has 0 aliphatic carbocycles. The van der Waals surface area contributed by atoms with Gasteiger partial charge in [-0.1, -0.05) is 36.0 Å². The summed E-state index contributed by atoms with van der Waals surface area (Å²) in [6, 6.07) is 16.9. The summed E-state index contributed by atoms with van der Waals surface area (Å²) >= 11 is 1.80. The van der Waals surface area contributed by atoms with Crippen molar-refractivity contribution in [3.8, 4) is 0 Å². The van der Waals surface area contributed by atoms with Crippen molar-refractivity contribution >= 4 is 29.0 Å². The Kier molecular flexibility index (Phi) is 4.68. The van der Waals surface area contributed by atoms with Gasteiger partial charge in [-0.25, -0.2) is 0 Å². The first-order valence-corrected chi connectivity index (χ1v) is 9.69. The van der Waals surface area contributed by atoms with Crippen LogP contribution < -0.4 is 10.6 Å². The van der Waals surface area contributed by atoms with Crippen molar-refractivity contribution in [2.45, 2.75) is 22.6 Å². The van der Waals surface area contributed by atoms with Crippen LogP contribution in [-0.4, -0.2) is 37.0 Å². The Hall–Kier alpha value is -1.98. The van der Waals surface area contributed by atoms with E-state index in [0.29, 0.717) is 25.4 Å². The van der Waals surface area contributed by atoms with Crippen LogP contribution in [-0.2, 0) is 4.79 Å². The topological polar surface area (TPSA) is 49.6 Å². The predicted molar refractivity (Wildman–Crippen MR) is 102 cm³/mol. The molecule has 0 saturated carbocycles. The molecule has 0 bridgehead atoms. The minimum Gasteiger partial charge on any atom is -0.342 e. The Morgan fingerprint density at radius 2 is 1.72 bits per heavy atom. The highest BCUT2D eigenvalue weighted by molar-refractivity contribution is 7.99. The number of rotatable bonds is 4. The van der Waals surface area contributed by atoms with Crippen molar-refractivity contribution in [3.63, 3.8) is 0 Å². The Bertz CT molecular complexity index is 734. The number of carbonyl (C=O) groups excluding carboxylic acids is 1. The van der Waals surface area contributed by atoms with Crippen molar-refractivity contribution < 1.29 is 4.79 Å². The third kappa shape index (κ3) is 3.26. The van der Waals surface area contributed by atoms with Gasteiger partial charge in [0.25, 0.3) is 0 Å². The van der Waals surface area contributed by atoms with Crippen LogP contribution in [0.2, 0.25) is 0 Å². The van der Waals surface area contributed by atoms with Gasteiger partial charge in [0.2, 0.25) is 5.91 Å². The first-order chi connectivity index (χ1) is 12.3. The van der Waals surface area contributed by atoms with Gasteiger partial charge < -0.3 is 15.5 Å². The third-order valence-corrected chi connectivity index (χ3v) is 6.18. The minimum absolute atomic E-state index is 0.240. The average Bonchev–Trinajstić information content (AvgIpc) is 3.14. The number of hydrogen-bond donors (Lipinski definition) is 1. The number of carbonyl (C=O) groups is 1. The predicted octanol–water partition coefficient (Wildman–Crippen LogP) is 3.49. The molecule has 130 valence electrons. The molecule has 2 aromatic rings. The van der Waals surface area contributed by atoms with Gasteiger partial charge in [0, 0.05) is 35.8 Å². The van der Waals surface area contributed by atoms with Crippen LogP contribution >= 0.6 is 11.8 Å². The van der Waals surface area contributed by atoms with Gasteiger partial charge in [0.15, 0.2) is 0 Å². The molecular weight excluding hydrogens is 330 g/mol. The summed E-state index contributed by atoms with van der Waals surface area (Å²) in [5.74, 6) is 0.709. The fourth-order valence-corrected chi connectivity index (χ4v) is 4.73. The highest BCUT2D eigenvalue weighted by Gasteiger charge is 2.27. The molecule has 25 heavy (non-hydrogen) atoms. The molecule has 2 aliphatic heterocycles. The zero-order valence-corrected chi connectivity index (χ0v) is 15.0. The highest BCUT2D eigenvalue weighted by atomic mass is 32.2. The number of likely N-dealkylation sites (tertiary alicyclic amines) is 1. The maximum absolute atomic E-state index is 12.6. The lowest BCUT2D eigenvalue weighted by atomic mass is 10.1. The molecule has 1 fully saturated rings. The van der Waals surface area contributed by atoms with E-state index < -0.39 is 0 Å². The molecule has 1 atom stereocenters. The number of nitrogens with zero attached hydrogens (tertiary/aromatic N) is 2. The lowest BCUT2D eigenvalue weighted by Gasteiger charge is -2.33. The van der Waals surface area contributed by atoms with Crippen LogP contribution in [0.3, 0.4) is 0 Å². The number of benzene rings is 2. The maximum Gasteiger partial charge on any atom is 0.224 e. The first kappa shape index (κ1) is 16.5. The monoisotopic (exact) mass is 353 g/mol. The van der Waals surface area contributed by atoms with Crippen LogP contribution in [0.25, 0.3) is 0 Å². The second kappa shape index (κ2) is 7.10. The molecular formula is C20H23N3OS. The largest absolute Gasteiger partial charge is 0.342 e. The third-order valence-electron chi connectivity index (χ3n) is 5.05. The Morgan fingerprint density at radius 1 is 1.08 bits per heavy atom. The number of para-hydroxylation sites is 2. The second-order valence-corrected chi connectivity index (χ2v) is 7.75. The SMILES string of the molecule is NCC1CCN(C(=O)CCN2c3ccccc3Sc3ccccc32)C1. The van der Waals surface area contributed by atoms with Crippen LogP contribution in [0.5, 0.6) is 0 Å². The van der Waals surface area contributed by atoms with Gasteiger partial charge in [0.1, 0.15) is 0 Å². The zero-order valence-electron chi connectivity index (χ0n) is 14.2. The Morgan fingerprint density at radius 3 is 2.32 bits per heavy atom. The van der Waals surface area contributed by atoms with Gasteiger partial charge in [-0.3, -0.25) is 4.79 Å². The van der Waals surface area contributed by atoms with Crippen molar-refractivity contribution in [2.24, 2.45) is 11.7 Å². The van der Waals surface area contributed by atoms with E-state index in [1.165, 1.54) is 21.2 Å². The smallest absolute Gasteiger partial charge is 0.224 e. The number of hydrogen-bond acceptors (Lipinski definition) is 4. The molecule has 5 heteroatoms. The summed E-state index contributed by atoms with van der Waals surface area (Å²) < 4.78 is 0. The lowest BCUT2D eigenvalue weighted by molar-refractivity contribution is -0.130. The number of amides is 1. The quantitative estimate of drug-likeness (QED) is 0.914. The number of fused-ring (bicyclic) bond motifs is 2. The normalized spacial score (nSPS) is 18.8. The summed E-state index contributed by atoms with van der Waals surface area (Å²) in [5.41, 5.74) is 8.13. The van der Waals surface area contributed by atoms with Gasteiger partial charge in [-0.2, -0.15) is 0 Å².